The van der Waals surface area contributed by atoms with Crippen LogP contribution in [0, 0.1) is 5.92 Å². The van der Waals surface area contributed by atoms with E-state index in [9.17, 15) is 19.2 Å². The normalized spacial score (nSPS) is 16.5. The highest BCUT2D eigenvalue weighted by Gasteiger charge is 2.40. The van der Waals surface area contributed by atoms with E-state index in [1.807, 2.05) is 6.07 Å². The van der Waals surface area contributed by atoms with Gasteiger partial charge in [0.25, 0.3) is 0 Å². The predicted octanol–water partition coefficient (Wildman–Crippen LogP) is 3.57. The molecule has 6 nitrogen and oxygen atoms in total. The maximum atomic E-state index is 13.4. The van der Waals surface area contributed by atoms with Crippen LogP contribution in [0.4, 0.5) is 0 Å². The Morgan fingerprint density at radius 1 is 1.03 bits per heavy atom. The van der Waals surface area contributed by atoms with E-state index in [1.165, 1.54) is 0 Å². The zero-order valence-electron chi connectivity index (χ0n) is 16.2. The van der Waals surface area contributed by atoms with Crippen LogP contribution in [0.2, 0.25) is 5.02 Å². The van der Waals surface area contributed by atoms with Gasteiger partial charge in [-0.2, -0.15) is 0 Å². The van der Waals surface area contributed by atoms with Crippen molar-refractivity contribution in [1.29, 1.82) is 0 Å². The minimum atomic E-state index is -1.44. The van der Waals surface area contributed by atoms with Gasteiger partial charge in [0.1, 0.15) is 0 Å². The first-order valence-corrected chi connectivity index (χ1v) is 10.7. The average molecular weight is 437 g/mol. The molecule has 0 aromatic heterocycles. The van der Waals surface area contributed by atoms with E-state index in [-0.39, 0.29) is 29.6 Å². The Balaban J connectivity index is 2.14. The number of rotatable bonds is 5. The smallest absolute Gasteiger partial charge is 0.324 e. The zero-order chi connectivity index (χ0) is 21.1. The van der Waals surface area contributed by atoms with Gasteiger partial charge in [0.05, 0.1) is 24.8 Å². The largest absolute Gasteiger partial charge is 0.468 e. The number of halogens is 1. The van der Waals surface area contributed by atoms with Gasteiger partial charge in [-0.25, -0.2) is 0 Å². The Morgan fingerprint density at radius 2 is 1.72 bits per heavy atom. The molecule has 0 atom stereocenters. The van der Waals surface area contributed by atoms with Crippen LogP contribution < -0.4 is 0 Å². The molecule has 0 N–H and O–H groups in total. The second-order valence-corrected chi connectivity index (χ2v) is 8.36. The molecule has 0 fully saturated rings. The van der Waals surface area contributed by atoms with E-state index >= 15 is 0 Å². The number of carbonyl (C=O) groups is 4. The van der Waals surface area contributed by atoms with Crippen LogP contribution in [-0.2, 0) is 30.3 Å². The molecule has 154 valence electrons. The van der Waals surface area contributed by atoms with Crippen molar-refractivity contribution in [2.45, 2.75) is 37.0 Å². The fraction of sp³-hybridized carbons (Fsp3) is 0.429. The van der Waals surface area contributed by atoms with Crippen LogP contribution in [0.1, 0.15) is 41.6 Å². The highest BCUT2D eigenvalue weighted by Crippen LogP contribution is 2.39. The van der Waals surface area contributed by atoms with Crippen LogP contribution in [-0.4, -0.2) is 43.5 Å². The third-order valence-electron chi connectivity index (χ3n) is 5.17. The van der Waals surface area contributed by atoms with Crippen molar-refractivity contribution in [3.05, 3.63) is 39.4 Å². The Bertz CT molecular complexity index is 904. The number of ketones is 2. The van der Waals surface area contributed by atoms with Crippen LogP contribution in [0.5, 0.6) is 0 Å². The van der Waals surface area contributed by atoms with Crippen molar-refractivity contribution < 1.29 is 28.7 Å². The van der Waals surface area contributed by atoms with E-state index in [1.54, 1.807) is 17.8 Å². The molecule has 0 unspecified atom stereocenters. The fourth-order valence-electron chi connectivity index (χ4n) is 3.76. The van der Waals surface area contributed by atoms with Gasteiger partial charge in [0.2, 0.25) is 0 Å². The second kappa shape index (κ2) is 9.13. The van der Waals surface area contributed by atoms with E-state index in [4.69, 9.17) is 21.1 Å². The molecule has 1 aromatic carbocycles. The number of fused-ring (bicyclic) bond motifs is 1. The maximum Gasteiger partial charge on any atom is 0.324 e. The number of hydrogen-bond donors (Lipinski definition) is 0. The van der Waals surface area contributed by atoms with Gasteiger partial charge in [-0.05, 0) is 54.7 Å². The summed E-state index contributed by atoms with van der Waals surface area (Å²) >= 11 is 8.23. The highest BCUT2D eigenvalue weighted by molar-refractivity contribution is 7.99. The lowest BCUT2D eigenvalue weighted by Crippen LogP contribution is -2.33. The highest BCUT2D eigenvalue weighted by atomic mass is 35.5. The molecule has 3 rings (SSSR count). The van der Waals surface area contributed by atoms with Crippen molar-refractivity contribution in [3.63, 3.8) is 0 Å². The number of benzene rings is 1. The Hall–Kier alpha value is -2.12. The molecule has 1 heterocycles. The third-order valence-corrected chi connectivity index (χ3v) is 6.79. The summed E-state index contributed by atoms with van der Waals surface area (Å²) in [7, 11) is 2.28. The number of Topliss-reactive ketones (excluding diaryl/α,β-unsaturated/α-hetero) is 2. The van der Waals surface area contributed by atoms with Crippen molar-refractivity contribution in [1.82, 2.24) is 0 Å². The molecular weight excluding hydrogens is 416 g/mol. The lowest BCUT2D eigenvalue weighted by Gasteiger charge is -2.24. The molecule has 2 aliphatic rings. The van der Waals surface area contributed by atoms with Crippen LogP contribution in [0.15, 0.2) is 28.2 Å². The first-order chi connectivity index (χ1) is 13.9. The molecule has 29 heavy (non-hydrogen) atoms. The summed E-state index contributed by atoms with van der Waals surface area (Å²) in [6, 6.07) is 3.45. The van der Waals surface area contributed by atoms with E-state index < -0.39 is 29.4 Å². The summed E-state index contributed by atoms with van der Waals surface area (Å²) in [5.74, 6) is -3.15. The van der Waals surface area contributed by atoms with Crippen molar-refractivity contribution in [2.24, 2.45) is 5.92 Å². The van der Waals surface area contributed by atoms with Gasteiger partial charge in [-0.1, -0.05) is 11.6 Å². The number of ether oxygens (including phenoxy) is 2. The van der Waals surface area contributed by atoms with E-state index in [2.05, 4.69) is 0 Å². The molecule has 0 radical (unpaired) electrons. The van der Waals surface area contributed by atoms with E-state index in [0.29, 0.717) is 11.4 Å². The molecule has 0 amide bonds. The second-order valence-electron chi connectivity index (χ2n) is 6.84. The number of hydrogen-bond acceptors (Lipinski definition) is 7. The molecule has 8 heteroatoms. The molecule has 1 aromatic rings. The Labute approximate surface area is 178 Å². The van der Waals surface area contributed by atoms with Gasteiger partial charge in [-0.3, -0.25) is 19.2 Å². The topological polar surface area (TPSA) is 86.7 Å². The fourth-order valence-corrected chi connectivity index (χ4v) is 5.21. The molecule has 1 aliphatic heterocycles. The minimum absolute atomic E-state index is 0.146. The molecule has 0 saturated heterocycles. The molecule has 1 aliphatic carbocycles. The quantitative estimate of drug-likeness (QED) is 0.302. The summed E-state index contributed by atoms with van der Waals surface area (Å²) in [6.45, 7) is 0. The third kappa shape index (κ3) is 4.12. The number of thioether (sulfide) groups is 1. The number of methoxy groups -OCH3 is 2. The summed E-state index contributed by atoms with van der Waals surface area (Å²) in [5, 5.41) is 0.331. The lowest BCUT2D eigenvalue weighted by molar-refractivity contribution is -0.156. The van der Waals surface area contributed by atoms with E-state index in [0.717, 1.165) is 43.3 Å². The zero-order valence-corrected chi connectivity index (χ0v) is 17.8. The SMILES string of the molecule is COC(=O)C(C(=O)OC)C1=C(C(=O)c2ccc3c(c2Cl)CCCS3)C(=O)CCC1. The van der Waals surface area contributed by atoms with Crippen LogP contribution in [0.3, 0.4) is 0 Å². The van der Waals surface area contributed by atoms with Crippen molar-refractivity contribution in [2.75, 3.05) is 20.0 Å². The van der Waals surface area contributed by atoms with Crippen molar-refractivity contribution >= 4 is 46.9 Å². The number of carbonyl (C=O) groups excluding carboxylic acids is 4. The maximum absolute atomic E-state index is 13.4. The standard InChI is InChI=1S/C21H21ClO6S/c1-27-20(25)17(21(26)28-2)12-5-3-7-14(23)16(12)19(24)13-8-9-15-11(18(13)22)6-4-10-29-15/h8-9,17H,3-7,10H2,1-2H3. The first kappa shape index (κ1) is 21.6. The predicted molar refractivity (Wildman–Crippen MR) is 108 cm³/mol. The molecular formula is C21H21ClO6S. The van der Waals surface area contributed by atoms with Gasteiger partial charge in [0, 0.05) is 16.9 Å². The monoisotopic (exact) mass is 436 g/mol. The van der Waals surface area contributed by atoms with Crippen molar-refractivity contribution in [3.8, 4) is 0 Å². The van der Waals surface area contributed by atoms with Gasteiger partial charge in [0.15, 0.2) is 17.5 Å². The van der Waals surface area contributed by atoms with Crippen LogP contribution >= 0.6 is 23.4 Å². The summed E-state index contributed by atoms with van der Waals surface area (Å²) in [5.41, 5.74) is 1.11. The van der Waals surface area contributed by atoms with Gasteiger partial charge < -0.3 is 9.47 Å². The summed E-state index contributed by atoms with van der Waals surface area (Å²) in [4.78, 5) is 51.7. The van der Waals surface area contributed by atoms with Gasteiger partial charge in [-0.15, -0.1) is 11.8 Å². The van der Waals surface area contributed by atoms with Gasteiger partial charge >= 0.3 is 11.9 Å². The summed E-state index contributed by atoms with van der Waals surface area (Å²) in [6.07, 6.45) is 2.56. The Kier molecular flexibility index (Phi) is 6.80. The van der Waals surface area contributed by atoms with Crippen LogP contribution in [0.25, 0.3) is 0 Å². The number of esters is 2. The molecule has 0 spiro atoms. The number of allylic oxidation sites excluding steroid dienone is 1. The first-order valence-electron chi connectivity index (χ1n) is 9.31. The minimum Gasteiger partial charge on any atom is -0.468 e. The lowest BCUT2D eigenvalue weighted by atomic mass is 9.80. The molecule has 0 saturated carbocycles. The Morgan fingerprint density at radius 3 is 2.38 bits per heavy atom. The summed E-state index contributed by atoms with van der Waals surface area (Å²) < 4.78 is 9.46. The average Bonchev–Trinajstić information content (AvgIpc) is 2.73. The molecule has 0 bridgehead atoms.